The number of ether oxygens (including phenoxy) is 1. The number of hydrogen-bond donors (Lipinski definition) is 1. The Bertz CT molecular complexity index is 875. The van der Waals surface area contributed by atoms with Crippen molar-refractivity contribution >= 4 is 5.82 Å². The zero-order valence-corrected chi connectivity index (χ0v) is 15.7. The van der Waals surface area contributed by atoms with Crippen molar-refractivity contribution in [3.8, 4) is 17.3 Å². The Labute approximate surface area is 153 Å². The number of nitrogens with zero attached hydrogens (tertiary/aromatic N) is 5. The van der Waals surface area contributed by atoms with Gasteiger partial charge in [-0.05, 0) is 25.0 Å². The highest BCUT2D eigenvalue weighted by atomic mass is 16.5. The van der Waals surface area contributed by atoms with Crippen LogP contribution in [0.5, 0.6) is 5.88 Å². The van der Waals surface area contributed by atoms with Crippen molar-refractivity contribution in [3.05, 3.63) is 47.5 Å². The number of hydrogen-bond acceptors (Lipinski definition) is 6. The third-order valence-electron chi connectivity index (χ3n) is 4.23. The van der Waals surface area contributed by atoms with Crippen molar-refractivity contribution in [1.82, 2.24) is 24.7 Å². The minimum atomic E-state index is 0.593. The van der Waals surface area contributed by atoms with Crippen LogP contribution in [0.3, 0.4) is 0 Å². The summed E-state index contributed by atoms with van der Waals surface area (Å²) in [6.45, 7) is 4.77. The number of nitrogens with one attached hydrogen (secondary N) is 1. The maximum Gasteiger partial charge on any atom is 0.216 e. The molecular formula is C19H24N6O. The Morgan fingerprint density at radius 3 is 2.54 bits per heavy atom. The van der Waals surface area contributed by atoms with Gasteiger partial charge in [-0.2, -0.15) is 5.10 Å². The highest BCUT2D eigenvalue weighted by molar-refractivity contribution is 5.57. The van der Waals surface area contributed by atoms with Gasteiger partial charge in [-0.3, -0.25) is 4.98 Å². The summed E-state index contributed by atoms with van der Waals surface area (Å²) in [5, 5.41) is 7.93. The van der Waals surface area contributed by atoms with Gasteiger partial charge in [0.05, 0.1) is 18.4 Å². The standard InChI is InChI=1S/C19H24N6O/c1-5-14-11-17(23-18(22-14)13-7-9-20-10-8-13)21-12-15-16(6-2)24-25(3)19(15)26-4/h7-11H,5-6,12H2,1-4H3,(H,21,22,23). The highest BCUT2D eigenvalue weighted by Gasteiger charge is 2.16. The van der Waals surface area contributed by atoms with Crippen LogP contribution in [0, 0.1) is 0 Å². The third-order valence-corrected chi connectivity index (χ3v) is 4.23. The summed E-state index contributed by atoms with van der Waals surface area (Å²) in [5.41, 5.74) is 4.02. The number of aryl methyl sites for hydroxylation is 3. The molecule has 3 aromatic heterocycles. The molecule has 0 aliphatic heterocycles. The quantitative estimate of drug-likeness (QED) is 0.704. The van der Waals surface area contributed by atoms with Crippen LogP contribution in [0.2, 0.25) is 0 Å². The average molecular weight is 352 g/mol. The molecule has 0 bridgehead atoms. The average Bonchev–Trinajstić information content (AvgIpc) is 3.01. The molecule has 3 rings (SSSR count). The van der Waals surface area contributed by atoms with E-state index in [1.54, 1.807) is 24.2 Å². The van der Waals surface area contributed by atoms with Gasteiger partial charge in [0.2, 0.25) is 5.88 Å². The van der Waals surface area contributed by atoms with Crippen LogP contribution in [-0.4, -0.2) is 31.8 Å². The van der Waals surface area contributed by atoms with Crippen molar-refractivity contribution in [2.75, 3.05) is 12.4 Å². The first-order valence-corrected chi connectivity index (χ1v) is 8.77. The minimum absolute atomic E-state index is 0.593. The van der Waals surface area contributed by atoms with Crippen LogP contribution in [0.15, 0.2) is 30.6 Å². The van der Waals surface area contributed by atoms with Gasteiger partial charge in [-0.15, -0.1) is 0 Å². The number of pyridine rings is 1. The van der Waals surface area contributed by atoms with Crippen molar-refractivity contribution in [2.24, 2.45) is 7.05 Å². The molecule has 136 valence electrons. The summed E-state index contributed by atoms with van der Waals surface area (Å²) in [7, 11) is 3.56. The number of anilines is 1. The molecule has 0 aliphatic rings. The van der Waals surface area contributed by atoms with E-state index in [9.17, 15) is 0 Å². The minimum Gasteiger partial charge on any atom is -0.481 e. The fourth-order valence-corrected chi connectivity index (χ4v) is 2.90. The van der Waals surface area contributed by atoms with Gasteiger partial charge >= 0.3 is 0 Å². The molecule has 0 fully saturated rings. The van der Waals surface area contributed by atoms with E-state index in [-0.39, 0.29) is 0 Å². The van der Waals surface area contributed by atoms with Crippen molar-refractivity contribution in [2.45, 2.75) is 33.2 Å². The predicted octanol–water partition coefficient (Wildman–Crippen LogP) is 3.02. The molecule has 0 spiro atoms. The molecule has 0 saturated carbocycles. The second-order valence-electron chi connectivity index (χ2n) is 5.92. The van der Waals surface area contributed by atoms with E-state index >= 15 is 0 Å². The van der Waals surface area contributed by atoms with Gasteiger partial charge in [-0.25, -0.2) is 14.6 Å². The first kappa shape index (κ1) is 17.8. The molecule has 0 aliphatic carbocycles. The Morgan fingerprint density at radius 2 is 1.88 bits per heavy atom. The summed E-state index contributed by atoms with van der Waals surface area (Å²) in [6.07, 6.45) is 5.18. The van der Waals surface area contributed by atoms with E-state index in [1.807, 2.05) is 25.2 Å². The lowest BCUT2D eigenvalue weighted by Crippen LogP contribution is -2.07. The molecule has 3 heterocycles. The summed E-state index contributed by atoms with van der Waals surface area (Å²) in [6, 6.07) is 5.81. The Morgan fingerprint density at radius 1 is 1.12 bits per heavy atom. The van der Waals surface area contributed by atoms with Crippen molar-refractivity contribution < 1.29 is 4.74 Å². The fourth-order valence-electron chi connectivity index (χ4n) is 2.90. The zero-order valence-electron chi connectivity index (χ0n) is 15.7. The molecule has 1 N–H and O–H groups in total. The Balaban J connectivity index is 1.89. The van der Waals surface area contributed by atoms with E-state index in [4.69, 9.17) is 4.74 Å². The van der Waals surface area contributed by atoms with Gasteiger partial charge < -0.3 is 10.1 Å². The van der Waals surface area contributed by atoms with Gasteiger partial charge in [0, 0.05) is 43.3 Å². The largest absolute Gasteiger partial charge is 0.481 e. The topological polar surface area (TPSA) is 77.8 Å². The maximum atomic E-state index is 5.51. The molecule has 0 saturated heterocycles. The summed E-state index contributed by atoms with van der Waals surface area (Å²) in [5.74, 6) is 2.26. The van der Waals surface area contributed by atoms with Crippen LogP contribution in [0.1, 0.15) is 30.8 Å². The van der Waals surface area contributed by atoms with Crippen LogP contribution in [0.4, 0.5) is 5.82 Å². The fraction of sp³-hybridized carbons (Fsp3) is 0.368. The number of methoxy groups -OCH3 is 1. The van der Waals surface area contributed by atoms with Crippen LogP contribution >= 0.6 is 0 Å². The van der Waals surface area contributed by atoms with Gasteiger partial charge in [-0.1, -0.05) is 13.8 Å². The van der Waals surface area contributed by atoms with E-state index < -0.39 is 0 Å². The first-order valence-electron chi connectivity index (χ1n) is 8.77. The molecule has 0 aromatic carbocycles. The zero-order chi connectivity index (χ0) is 18.5. The first-order chi connectivity index (χ1) is 12.7. The van der Waals surface area contributed by atoms with E-state index in [0.29, 0.717) is 12.4 Å². The Kier molecular flexibility index (Phi) is 5.46. The molecule has 0 amide bonds. The lowest BCUT2D eigenvalue weighted by Gasteiger charge is -2.11. The smallest absolute Gasteiger partial charge is 0.216 e. The molecular weight excluding hydrogens is 328 g/mol. The Hall–Kier alpha value is -2.96. The molecule has 0 unspecified atom stereocenters. The summed E-state index contributed by atoms with van der Waals surface area (Å²) >= 11 is 0. The molecule has 0 radical (unpaired) electrons. The third kappa shape index (κ3) is 3.66. The normalized spacial score (nSPS) is 10.8. The summed E-state index contributed by atoms with van der Waals surface area (Å²) < 4.78 is 7.28. The maximum absolute atomic E-state index is 5.51. The van der Waals surface area contributed by atoms with Crippen molar-refractivity contribution in [3.63, 3.8) is 0 Å². The second-order valence-corrected chi connectivity index (χ2v) is 5.92. The van der Waals surface area contributed by atoms with E-state index in [2.05, 4.69) is 39.2 Å². The van der Waals surface area contributed by atoms with Crippen LogP contribution in [-0.2, 0) is 26.4 Å². The molecule has 3 aromatic rings. The number of aromatic nitrogens is 5. The molecule has 26 heavy (non-hydrogen) atoms. The van der Waals surface area contributed by atoms with Crippen molar-refractivity contribution in [1.29, 1.82) is 0 Å². The van der Waals surface area contributed by atoms with Gasteiger partial charge in [0.1, 0.15) is 5.82 Å². The molecule has 7 heteroatoms. The predicted molar refractivity (Wildman–Crippen MR) is 101 cm³/mol. The highest BCUT2D eigenvalue weighted by Crippen LogP contribution is 2.24. The molecule has 0 atom stereocenters. The van der Waals surface area contributed by atoms with Gasteiger partial charge in [0.25, 0.3) is 0 Å². The second kappa shape index (κ2) is 7.95. The molecule has 7 nitrogen and oxygen atoms in total. The van der Waals surface area contributed by atoms with Crippen LogP contribution < -0.4 is 10.1 Å². The lowest BCUT2D eigenvalue weighted by molar-refractivity contribution is 0.369. The van der Waals surface area contributed by atoms with Crippen LogP contribution in [0.25, 0.3) is 11.4 Å². The van der Waals surface area contributed by atoms with E-state index in [0.717, 1.165) is 47.1 Å². The lowest BCUT2D eigenvalue weighted by atomic mass is 10.2. The van der Waals surface area contributed by atoms with E-state index in [1.165, 1.54) is 0 Å². The number of rotatable bonds is 7. The van der Waals surface area contributed by atoms with Gasteiger partial charge in [0.15, 0.2) is 5.82 Å². The monoisotopic (exact) mass is 352 g/mol. The SMILES string of the molecule is CCc1cc(NCc2c(CC)nn(C)c2OC)nc(-c2ccncc2)n1. The summed E-state index contributed by atoms with van der Waals surface area (Å²) in [4.78, 5) is 13.4.